The largest absolute Gasteiger partial charge is 0.383 e. The zero-order valence-electron chi connectivity index (χ0n) is 16.0. The number of nitrogens with zero attached hydrogens (tertiary/aromatic N) is 5. The number of carbonyl (C=O) groups excluding carboxylic acids is 1. The Labute approximate surface area is 149 Å². The maximum atomic E-state index is 11.8. The third-order valence-corrected chi connectivity index (χ3v) is 3.92. The van der Waals surface area contributed by atoms with Crippen molar-refractivity contribution in [3.05, 3.63) is 24.7 Å². The first-order chi connectivity index (χ1) is 12.1. The maximum absolute atomic E-state index is 11.8. The van der Waals surface area contributed by atoms with Crippen molar-refractivity contribution in [2.45, 2.75) is 53.5 Å². The van der Waals surface area contributed by atoms with E-state index in [4.69, 9.17) is 5.73 Å². The average Bonchev–Trinajstić information content (AvgIpc) is 3.02. The highest BCUT2D eigenvalue weighted by Crippen LogP contribution is 2.28. The molecule has 0 aromatic carbocycles. The number of aryl methyl sites for hydroxylation is 1. The van der Waals surface area contributed by atoms with Gasteiger partial charge in [0, 0.05) is 13.1 Å². The van der Waals surface area contributed by atoms with Crippen molar-refractivity contribution in [2.75, 3.05) is 18.8 Å². The molecule has 2 N–H and O–H groups in total. The molecular formula is C18H30N6O. The van der Waals surface area contributed by atoms with E-state index in [1.807, 2.05) is 39.3 Å². The lowest BCUT2D eigenvalue weighted by Crippen LogP contribution is -2.40. The molecule has 2 aromatic rings. The van der Waals surface area contributed by atoms with E-state index in [9.17, 15) is 4.79 Å². The molecular weight excluding hydrogens is 316 g/mol. The van der Waals surface area contributed by atoms with Crippen LogP contribution >= 0.6 is 0 Å². The van der Waals surface area contributed by atoms with Gasteiger partial charge in [-0.2, -0.15) is 5.10 Å². The van der Waals surface area contributed by atoms with Crippen molar-refractivity contribution in [1.29, 1.82) is 0 Å². The number of nitrogen functional groups attached to an aromatic ring is 1. The number of piperidine rings is 1. The summed E-state index contributed by atoms with van der Waals surface area (Å²) in [4.78, 5) is 21.9. The molecule has 0 radical (unpaired) electrons. The zero-order valence-corrected chi connectivity index (χ0v) is 16.0. The van der Waals surface area contributed by atoms with Gasteiger partial charge in [0.1, 0.15) is 12.1 Å². The van der Waals surface area contributed by atoms with Gasteiger partial charge in [-0.1, -0.05) is 34.3 Å². The van der Waals surface area contributed by atoms with E-state index in [0.29, 0.717) is 12.4 Å². The summed E-state index contributed by atoms with van der Waals surface area (Å²) in [5.74, 6) is 0.403. The Kier molecular flexibility index (Phi) is 8.04. The summed E-state index contributed by atoms with van der Waals surface area (Å²) in [5.41, 5.74) is 7.46. The first-order valence-corrected chi connectivity index (χ1v) is 8.98. The van der Waals surface area contributed by atoms with Gasteiger partial charge >= 0.3 is 0 Å². The van der Waals surface area contributed by atoms with E-state index >= 15 is 0 Å². The summed E-state index contributed by atoms with van der Waals surface area (Å²) in [6.07, 6.45) is 4.70. The van der Waals surface area contributed by atoms with Gasteiger partial charge in [-0.25, -0.2) is 14.6 Å². The Balaban J connectivity index is 0.000000730. The Morgan fingerprint density at radius 1 is 1.32 bits per heavy atom. The molecule has 1 amide bonds. The Bertz CT molecular complexity index is 709. The number of aromatic nitrogens is 4. The van der Waals surface area contributed by atoms with Crippen molar-refractivity contribution < 1.29 is 4.79 Å². The van der Waals surface area contributed by atoms with Crippen LogP contribution < -0.4 is 5.73 Å². The minimum Gasteiger partial charge on any atom is -0.383 e. The molecule has 1 aliphatic rings. The fourth-order valence-electron chi connectivity index (χ4n) is 2.91. The van der Waals surface area contributed by atoms with Crippen LogP contribution in [0.15, 0.2) is 19.0 Å². The van der Waals surface area contributed by atoms with Gasteiger partial charge < -0.3 is 10.6 Å². The molecule has 7 heteroatoms. The molecule has 0 saturated carbocycles. The quantitative estimate of drug-likeness (QED) is 0.844. The number of likely N-dealkylation sites (tertiary alicyclic amines) is 1. The van der Waals surface area contributed by atoms with Crippen molar-refractivity contribution in [1.82, 2.24) is 24.6 Å². The molecule has 7 nitrogen and oxygen atoms in total. The van der Waals surface area contributed by atoms with E-state index in [1.165, 1.54) is 12.4 Å². The smallest absolute Gasteiger partial charge is 0.246 e. The summed E-state index contributed by atoms with van der Waals surface area (Å²) < 4.78 is 1.88. The van der Waals surface area contributed by atoms with E-state index in [-0.39, 0.29) is 11.9 Å². The summed E-state index contributed by atoms with van der Waals surface area (Å²) in [7, 11) is 0. The molecule has 1 unspecified atom stereocenters. The van der Waals surface area contributed by atoms with Crippen LogP contribution in [0.25, 0.3) is 11.0 Å². The summed E-state index contributed by atoms with van der Waals surface area (Å²) >= 11 is 0. The molecule has 2 aromatic heterocycles. The molecule has 1 fully saturated rings. The molecule has 0 aliphatic carbocycles. The van der Waals surface area contributed by atoms with E-state index in [2.05, 4.69) is 21.6 Å². The number of fused-ring (bicyclic) bond motifs is 1. The van der Waals surface area contributed by atoms with Crippen molar-refractivity contribution in [2.24, 2.45) is 0 Å². The van der Waals surface area contributed by atoms with Gasteiger partial charge in [-0.15, -0.1) is 0 Å². The second kappa shape index (κ2) is 9.76. The fourth-order valence-corrected chi connectivity index (χ4v) is 2.91. The van der Waals surface area contributed by atoms with Crippen molar-refractivity contribution in [3.8, 4) is 0 Å². The maximum Gasteiger partial charge on any atom is 0.246 e. The molecule has 25 heavy (non-hydrogen) atoms. The lowest BCUT2D eigenvalue weighted by atomic mass is 10.1. The number of nitrogens with two attached hydrogens (primary N) is 1. The van der Waals surface area contributed by atoms with Gasteiger partial charge in [0.25, 0.3) is 0 Å². The zero-order chi connectivity index (χ0) is 19.0. The number of anilines is 1. The van der Waals surface area contributed by atoms with Crippen molar-refractivity contribution >= 4 is 22.8 Å². The molecule has 1 saturated heterocycles. The standard InChI is InChI=1S/C14H18N6O.2C2H6/c1-3-11(21)19-6-4-5-10(7-19)20-14-12(9(2)18-20)13(15)16-8-17-14;2*1-2/h3,8,10H,1,4-7H2,2H3,(H2,15,16,17);2*1-2H3. The van der Waals surface area contributed by atoms with Gasteiger partial charge in [0.15, 0.2) is 5.65 Å². The van der Waals surface area contributed by atoms with E-state index in [0.717, 1.165) is 36.1 Å². The number of carbonyl (C=O) groups is 1. The molecule has 3 heterocycles. The molecule has 1 aliphatic heterocycles. The third kappa shape index (κ3) is 4.35. The second-order valence-corrected chi connectivity index (χ2v) is 5.27. The Morgan fingerprint density at radius 3 is 2.64 bits per heavy atom. The predicted molar refractivity (Wildman–Crippen MR) is 102 cm³/mol. The monoisotopic (exact) mass is 346 g/mol. The van der Waals surface area contributed by atoms with Crippen LogP contribution in [0.4, 0.5) is 5.82 Å². The lowest BCUT2D eigenvalue weighted by Gasteiger charge is -2.32. The number of hydrogen-bond donors (Lipinski definition) is 1. The van der Waals surface area contributed by atoms with Gasteiger partial charge in [-0.05, 0) is 25.8 Å². The Morgan fingerprint density at radius 2 is 2.00 bits per heavy atom. The van der Waals surface area contributed by atoms with E-state index in [1.54, 1.807) is 4.90 Å². The highest BCUT2D eigenvalue weighted by Gasteiger charge is 2.26. The fraction of sp³-hybridized carbons (Fsp3) is 0.556. The molecule has 0 spiro atoms. The third-order valence-electron chi connectivity index (χ3n) is 3.92. The molecule has 138 valence electrons. The van der Waals surface area contributed by atoms with E-state index < -0.39 is 0 Å². The lowest BCUT2D eigenvalue weighted by molar-refractivity contribution is -0.127. The first kappa shape index (κ1) is 20.6. The van der Waals surface area contributed by atoms with Crippen LogP contribution in [0.2, 0.25) is 0 Å². The van der Waals surface area contributed by atoms with Crippen LogP contribution in [0.1, 0.15) is 52.3 Å². The molecule has 1 atom stereocenters. The molecule has 3 rings (SSSR count). The minimum atomic E-state index is -0.0398. The molecule has 0 bridgehead atoms. The minimum absolute atomic E-state index is 0.0398. The number of amides is 1. The summed E-state index contributed by atoms with van der Waals surface area (Å²) in [6.45, 7) is 14.8. The highest BCUT2D eigenvalue weighted by molar-refractivity contribution is 5.88. The van der Waals surface area contributed by atoms with Gasteiger partial charge in [0.2, 0.25) is 5.91 Å². The first-order valence-electron chi connectivity index (χ1n) is 8.98. The van der Waals surface area contributed by atoms with Gasteiger partial charge in [-0.3, -0.25) is 4.79 Å². The van der Waals surface area contributed by atoms with Crippen LogP contribution in [0, 0.1) is 6.92 Å². The van der Waals surface area contributed by atoms with Crippen molar-refractivity contribution in [3.63, 3.8) is 0 Å². The predicted octanol–water partition coefficient (Wildman–Crippen LogP) is 3.12. The summed E-state index contributed by atoms with van der Waals surface area (Å²) in [5, 5.41) is 5.36. The topological polar surface area (TPSA) is 89.9 Å². The average molecular weight is 346 g/mol. The SMILES string of the molecule is C=CC(=O)N1CCCC(n2nc(C)c3c(N)ncnc32)C1.CC.CC. The number of rotatable bonds is 2. The normalized spacial score (nSPS) is 16.4. The highest BCUT2D eigenvalue weighted by atomic mass is 16.2. The summed E-state index contributed by atoms with van der Waals surface area (Å²) in [6, 6.07) is 0.105. The number of hydrogen-bond acceptors (Lipinski definition) is 5. The van der Waals surface area contributed by atoms with Crippen LogP contribution in [-0.4, -0.2) is 43.6 Å². The van der Waals surface area contributed by atoms with Crippen LogP contribution in [0.3, 0.4) is 0 Å². The Hall–Kier alpha value is -2.44. The van der Waals surface area contributed by atoms with Gasteiger partial charge in [0.05, 0.1) is 17.1 Å². The second-order valence-electron chi connectivity index (χ2n) is 5.27. The van der Waals surface area contributed by atoms with Crippen LogP contribution in [-0.2, 0) is 4.79 Å². The van der Waals surface area contributed by atoms with Crippen LogP contribution in [0.5, 0.6) is 0 Å².